The van der Waals surface area contributed by atoms with E-state index >= 15 is 0 Å². The smallest absolute Gasteiger partial charge is 0.315 e. The van der Waals surface area contributed by atoms with Crippen LogP contribution in [0.15, 0.2) is 11.6 Å². The third kappa shape index (κ3) is 7.94. The van der Waals surface area contributed by atoms with Crippen molar-refractivity contribution in [1.82, 2.24) is 0 Å². The molecular weight excluding hydrogens is 897 g/mol. The molecule has 20 heteroatoms. The van der Waals surface area contributed by atoms with Crippen LogP contribution in [0.3, 0.4) is 0 Å². The SMILES string of the molecule is CC1OC(OC2C(CO)OC(OCC3OC(OC(=O)C45CCC(C)(CO)CC4C4=CCC6C7(C)CCC(O)C(C)(C(=O)O)C7CCC6(C)C4(C)CC5)C(O)C(O)C3O)C(O)C2O)C(O)C(O)C1O. The fourth-order valence-corrected chi connectivity index (χ4v) is 14.8. The number of carbonyl (C=O) groups is 2. The number of aliphatic hydroxyl groups excluding tert-OH is 11. The summed E-state index contributed by atoms with van der Waals surface area (Å²) in [5.74, 6) is -2.20. The minimum absolute atomic E-state index is 0.0893. The highest BCUT2D eigenvalue weighted by Crippen LogP contribution is 2.76. The Morgan fingerprint density at radius 1 is 0.691 bits per heavy atom. The molecule has 5 aliphatic carbocycles. The van der Waals surface area contributed by atoms with E-state index in [0.29, 0.717) is 57.8 Å². The first-order chi connectivity index (χ1) is 31.8. The molecule has 7 fully saturated rings. The van der Waals surface area contributed by atoms with E-state index in [1.807, 2.05) is 6.92 Å². The van der Waals surface area contributed by atoms with Gasteiger partial charge >= 0.3 is 11.9 Å². The van der Waals surface area contributed by atoms with Crippen molar-refractivity contribution in [3.63, 3.8) is 0 Å². The molecule has 20 nitrogen and oxygen atoms in total. The maximum Gasteiger partial charge on any atom is 0.315 e. The number of aliphatic hydroxyl groups is 11. The molecule has 4 saturated carbocycles. The number of aliphatic carboxylic acids is 1. The van der Waals surface area contributed by atoms with E-state index in [-0.39, 0.29) is 29.3 Å². The van der Waals surface area contributed by atoms with Crippen LogP contribution in [0.2, 0.25) is 0 Å². The van der Waals surface area contributed by atoms with Gasteiger partial charge in [-0.05, 0) is 117 Å². The summed E-state index contributed by atoms with van der Waals surface area (Å²) in [6, 6.07) is 0. The van der Waals surface area contributed by atoms with Gasteiger partial charge in [0.1, 0.15) is 67.1 Å². The Morgan fingerprint density at radius 2 is 1.32 bits per heavy atom. The average molecular weight is 973 g/mol. The highest BCUT2D eigenvalue weighted by atomic mass is 16.8. The van der Waals surface area contributed by atoms with Crippen molar-refractivity contribution in [2.45, 2.75) is 204 Å². The zero-order chi connectivity index (χ0) is 49.8. The first-order valence-electron chi connectivity index (χ1n) is 24.5. The van der Waals surface area contributed by atoms with E-state index in [4.69, 9.17) is 28.4 Å². The van der Waals surface area contributed by atoms with Crippen LogP contribution in [0, 0.1) is 50.2 Å². The summed E-state index contributed by atoms with van der Waals surface area (Å²) in [5.41, 5.74) is -2.97. The van der Waals surface area contributed by atoms with Crippen molar-refractivity contribution in [1.29, 1.82) is 0 Å². The van der Waals surface area contributed by atoms with Crippen molar-refractivity contribution < 1.29 is 99.3 Å². The Balaban J connectivity index is 0.991. The Kier molecular flexibility index (Phi) is 14.3. The Hall–Kier alpha value is -1.96. The molecule has 3 heterocycles. The van der Waals surface area contributed by atoms with Crippen LogP contribution < -0.4 is 0 Å². The van der Waals surface area contributed by atoms with E-state index < -0.39 is 151 Å². The van der Waals surface area contributed by atoms with Crippen molar-refractivity contribution in [3.8, 4) is 0 Å². The summed E-state index contributed by atoms with van der Waals surface area (Å²) >= 11 is 0. The zero-order valence-electron chi connectivity index (χ0n) is 39.9. The number of hydrogen-bond donors (Lipinski definition) is 12. The third-order valence-corrected chi connectivity index (χ3v) is 19.6. The lowest BCUT2D eigenvalue weighted by Gasteiger charge is -2.71. The molecule has 3 saturated heterocycles. The van der Waals surface area contributed by atoms with E-state index in [9.17, 15) is 70.9 Å². The number of rotatable bonds is 10. The lowest BCUT2D eigenvalue weighted by Crippen LogP contribution is -2.67. The van der Waals surface area contributed by atoms with Crippen LogP contribution in [0.1, 0.15) is 106 Å². The van der Waals surface area contributed by atoms with E-state index in [0.717, 1.165) is 12.0 Å². The van der Waals surface area contributed by atoms with Gasteiger partial charge in [-0.1, -0.05) is 39.3 Å². The minimum atomic E-state index is -1.90. The van der Waals surface area contributed by atoms with E-state index in [2.05, 4.69) is 26.8 Å². The van der Waals surface area contributed by atoms with Crippen LogP contribution in [0.4, 0.5) is 0 Å². The average Bonchev–Trinajstić information content (AvgIpc) is 3.30. The zero-order valence-corrected chi connectivity index (χ0v) is 39.9. The molecule has 0 aromatic rings. The molecular formula is C48H76O20. The van der Waals surface area contributed by atoms with Gasteiger partial charge in [0.25, 0.3) is 0 Å². The van der Waals surface area contributed by atoms with Crippen molar-refractivity contribution in [2.24, 2.45) is 50.2 Å². The van der Waals surface area contributed by atoms with Crippen LogP contribution in [0.25, 0.3) is 0 Å². The molecule has 25 unspecified atom stereocenters. The summed E-state index contributed by atoms with van der Waals surface area (Å²) in [7, 11) is 0. The maximum absolute atomic E-state index is 15.0. The number of carbonyl (C=O) groups excluding carboxylic acids is 1. The standard InChI is InChI=1S/C48H76O20/c1-21-29(52)31(54)34(57)39(64-21)67-37-24(18-49)65-38(36(59)33(37)56)63-19-25-30(53)32(55)35(58)40(66-25)68-42(62)48-15-13-43(2,20-50)17-23(48)22-7-8-26-44(3)11-10-28(51)47(6,41(60)61)27(44)9-12-46(26,5)45(22,4)14-16-48/h7,21,23-40,49-59H,8-20H2,1-6H3,(H,60,61). The lowest BCUT2D eigenvalue weighted by atomic mass is 9.33. The first-order valence-corrected chi connectivity index (χ1v) is 24.5. The number of hydrogen-bond acceptors (Lipinski definition) is 19. The first kappa shape index (κ1) is 52.4. The molecule has 12 N–H and O–H groups in total. The molecule has 0 radical (unpaired) electrons. The van der Waals surface area contributed by atoms with Gasteiger partial charge in [0, 0.05) is 6.61 Å². The van der Waals surface area contributed by atoms with Gasteiger partial charge in [-0.25, -0.2) is 0 Å². The van der Waals surface area contributed by atoms with Crippen LogP contribution >= 0.6 is 0 Å². The summed E-state index contributed by atoms with van der Waals surface area (Å²) in [6.07, 6.45) is -18.1. The van der Waals surface area contributed by atoms with Crippen LogP contribution in [0.5, 0.6) is 0 Å². The topological polar surface area (TPSA) is 332 Å². The second kappa shape index (κ2) is 18.5. The normalized spacial score (nSPS) is 54.8. The Bertz CT molecular complexity index is 1900. The molecule has 0 aromatic heterocycles. The fraction of sp³-hybridized carbons (Fsp3) is 0.917. The molecule has 0 spiro atoms. The third-order valence-electron chi connectivity index (χ3n) is 19.6. The summed E-state index contributed by atoms with van der Waals surface area (Å²) in [5, 5.41) is 129. The van der Waals surface area contributed by atoms with Gasteiger partial charge in [-0.3, -0.25) is 9.59 Å². The summed E-state index contributed by atoms with van der Waals surface area (Å²) in [4.78, 5) is 27.8. The predicted molar refractivity (Wildman–Crippen MR) is 232 cm³/mol. The Morgan fingerprint density at radius 3 is 1.99 bits per heavy atom. The maximum atomic E-state index is 15.0. The molecule has 8 aliphatic rings. The lowest BCUT2D eigenvalue weighted by molar-refractivity contribution is -0.361. The number of ether oxygens (including phenoxy) is 6. The molecule has 3 aliphatic heterocycles. The monoisotopic (exact) mass is 972 g/mol. The summed E-state index contributed by atoms with van der Waals surface area (Å²) in [6.45, 7) is 10.3. The molecule has 25 atom stereocenters. The van der Waals surface area contributed by atoms with Crippen LogP contribution in [-0.4, -0.2) is 191 Å². The Labute approximate surface area is 396 Å². The highest BCUT2D eigenvalue weighted by Gasteiger charge is 2.71. The highest BCUT2D eigenvalue weighted by molar-refractivity contribution is 5.79. The van der Waals surface area contributed by atoms with Crippen molar-refractivity contribution in [2.75, 3.05) is 19.8 Å². The van der Waals surface area contributed by atoms with Crippen molar-refractivity contribution >= 4 is 11.9 Å². The fourth-order valence-electron chi connectivity index (χ4n) is 14.8. The summed E-state index contributed by atoms with van der Waals surface area (Å²) < 4.78 is 34.6. The van der Waals surface area contributed by atoms with Gasteiger partial charge in [-0.15, -0.1) is 0 Å². The molecule has 0 aromatic carbocycles. The van der Waals surface area contributed by atoms with Gasteiger partial charge < -0.3 is 89.7 Å². The van der Waals surface area contributed by atoms with Crippen molar-refractivity contribution in [3.05, 3.63) is 11.6 Å². The van der Waals surface area contributed by atoms with Gasteiger partial charge in [-0.2, -0.15) is 0 Å². The predicted octanol–water partition coefficient (Wildman–Crippen LogP) is -0.795. The van der Waals surface area contributed by atoms with E-state index in [1.54, 1.807) is 6.92 Å². The minimum Gasteiger partial charge on any atom is -0.481 e. The number of esters is 1. The number of carboxylic acids is 1. The van der Waals surface area contributed by atoms with E-state index in [1.165, 1.54) is 6.92 Å². The quantitative estimate of drug-likeness (QED) is 0.0942. The number of fused-ring (bicyclic) bond motifs is 7. The molecule has 68 heavy (non-hydrogen) atoms. The number of carboxylic acid groups (broad SMARTS) is 1. The molecule has 0 bridgehead atoms. The number of allylic oxidation sites excluding steroid dienone is 2. The molecule has 388 valence electrons. The van der Waals surface area contributed by atoms with Gasteiger partial charge in [0.2, 0.25) is 6.29 Å². The van der Waals surface area contributed by atoms with Gasteiger partial charge in [0.15, 0.2) is 12.6 Å². The second-order valence-electron chi connectivity index (χ2n) is 23.1. The van der Waals surface area contributed by atoms with Crippen LogP contribution in [-0.2, 0) is 38.0 Å². The van der Waals surface area contributed by atoms with Gasteiger partial charge in [0.05, 0.1) is 36.3 Å². The molecule has 0 amide bonds. The second-order valence-corrected chi connectivity index (χ2v) is 23.1. The molecule has 8 rings (SSSR count). The largest absolute Gasteiger partial charge is 0.481 e.